The Hall–Kier alpha value is -3.89. The molecule has 4 aliphatic carbocycles. The fourth-order valence-corrected chi connectivity index (χ4v) is 10.2. The van der Waals surface area contributed by atoms with Crippen molar-refractivity contribution in [1.82, 2.24) is 10.6 Å². The molecule has 50 heavy (non-hydrogen) atoms. The van der Waals surface area contributed by atoms with Crippen LogP contribution in [-0.2, 0) is 22.6 Å². The predicted octanol–water partition coefficient (Wildman–Crippen LogP) is 7.59. The molecule has 5 aliphatic rings. The molecule has 4 saturated carbocycles. The lowest BCUT2D eigenvalue weighted by Gasteiger charge is -2.56. The lowest BCUT2D eigenvalue weighted by atomic mass is 9.53. The number of hydrogen-bond acceptors (Lipinski definition) is 6. The van der Waals surface area contributed by atoms with Gasteiger partial charge in [-0.15, -0.1) is 0 Å². The van der Waals surface area contributed by atoms with Crippen LogP contribution >= 0.6 is 11.8 Å². The van der Waals surface area contributed by atoms with Crippen molar-refractivity contribution in [1.29, 1.82) is 0 Å². The summed E-state index contributed by atoms with van der Waals surface area (Å²) < 4.78 is 14.0. The molecule has 2 heterocycles. The summed E-state index contributed by atoms with van der Waals surface area (Å²) in [5.41, 5.74) is 5.95. The number of amides is 2. The van der Waals surface area contributed by atoms with Crippen molar-refractivity contribution in [3.63, 3.8) is 0 Å². The van der Waals surface area contributed by atoms with E-state index in [-0.39, 0.29) is 30.4 Å². The minimum atomic E-state index is -0.591. The van der Waals surface area contributed by atoms with Gasteiger partial charge in [-0.2, -0.15) is 4.73 Å². The second-order valence-electron chi connectivity index (χ2n) is 14.8. The van der Waals surface area contributed by atoms with Gasteiger partial charge in [0.2, 0.25) is 0 Å². The van der Waals surface area contributed by atoms with Gasteiger partial charge in [0.25, 0.3) is 5.03 Å². The third kappa shape index (κ3) is 7.28. The number of benzene rings is 3. The molecule has 3 aromatic carbocycles. The summed E-state index contributed by atoms with van der Waals surface area (Å²) in [4.78, 5) is 13.2. The highest BCUT2D eigenvalue weighted by Gasteiger charge is 2.51. The molecule has 8 nitrogen and oxygen atoms in total. The van der Waals surface area contributed by atoms with Crippen LogP contribution in [0.15, 0.2) is 102 Å². The molecular weight excluding hydrogens is 647 g/mol. The van der Waals surface area contributed by atoms with E-state index in [0.717, 1.165) is 75.1 Å². The van der Waals surface area contributed by atoms with Crippen molar-refractivity contribution in [3.8, 4) is 11.1 Å². The summed E-state index contributed by atoms with van der Waals surface area (Å²) in [6.45, 7) is 0.440. The lowest BCUT2D eigenvalue weighted by Crippen LogP contribution is -2.61. The van der Waals surface area contributed by atoms with Gasteiger partial charge in [0, 0.05) is 42.0 Å². The first-order valence-corrected chi connectivity index (χ1v) is 19.0. The molecule has 9 heteroatoms. The zero-order valence-electron chi connectivity index (χ0n) is 28.2. The number of urea groups is 1. The number of hydrogen-bond donors (Lipinski definition) is 3. The molecule has 3 atom stereocenters. The minimum absolute atomic E-state index is 0.0103. The minimum Gasteiger partial charge on any atom is -0.618 e. The highest BCUT2D eigenvalue weighted by molar-refractivity contribution is 7.99. The summed E-state index contributed by atoms with van der Waals surface area (Å²) in [5.74, 6) is 2.95. The van der Waals surface area contributed by atoms with Crippen LogP contribution in [0, 0.1) is 23.0 Å². The van der Waals surface area contributed by atoms with Crippen molar-refractivity contribution in [2.24, 2.45) is 17.8 Å². The number of aromatic nitrogens is 1. The number of aliphatic hydroxyl groups is 1. The Kier molecular flexibility index (Phi) is 9.57. The molecule has 260 valence electrons. The highest BCUT2D eigenvalue weighted by Crippen LogP contribution is 2.55. The van der Waals surface area contributed by atoms with Gasteiger partial charge in [-0.3, -0.25) is 0 Å². The largest absolute Gasteiger partial charge is 0.618 e. The maximum atomic E-state index is 13.2. The van der Waals surface area contributed by atoms with Crippen LogP contribution in [0.3, 0.4) is 0 Å². The van der Waals surface area contributed by atoms with E-state index in [1.165, 1.54) is 37.2 Å². The quantitative estimate of drug-likeness (QED) is 0.0900. The number of rotatable bonds is 10. The number of nitrogens with zero attached hydrogens (tertiary/aromatic N) is 1. The van der Waals surface area contributed by atoms with Crippen molar-refractivity contribution < 1.29 is 24.1 Å². The SMILES string of the molecule is O=C(NCc1ccccc1-c1ccc(C2OC(CSc3cccc[n+]3[O-])CC(c3ccc(CO)cc3)O2)cc1)NC12CC3CC(CC(C3)C1)C2. The van der Waals surface area contributed by atoms with Gasteiger partial charge in [0.1, 0.15) is 0 Å². The number of ether oxygens (including phenoxy) is 2. The molecule has 4 aromatic rings. The fourth-order valence-electron chi connectivity index (χ4n) is 9.23. The summed E-state index contributed by atoms with van der Waals surface area (Å²) in [6.07, 6.45) is 8.64. The van der Waals surface area contributed by atoms with E-state index >= 15 is 0 Å². The van der Waals surface area contributed by atoms with Crippen LogP contribution in [0.25, 0.3) is 11.1 Å². The van der Waals surface area contributed by atoms with E-state index in [2.05, 4.69) is 34.9 Å². The first kappa shape index (κ1) is 33.3. The second-order valence-corrected chi connectivity index (χ2v) is 15.9. The van der Waals surface area contributed by atoms with Crippen LogP contribution in [0.2, 0.25) is 0 Å². The number of nitrogens with one attached hydrogen (secondary N) is 2. The Labute approximate surface area is 298 Å². The van der Waals surface area contributed by atoms with Crippen LogP contribution < -0.4 is 15.4 Å². The van der Waals surface area contributed by atoms with E-state index < -0.39 is 6.29 Å². The smallest absolute Gasteiger partial charge is 0.315 e. The normalized spacial score (nSPS) is 28.3. The monoisotopic (exact) mass is 691 g/mol. The Morgan fingerprint density at radius 3 is 2.22 bits per heavy atom. The molecule has 9 rings (SSSR count). The standard InChI is InChI=1S/C41H45N3O5S/c45-25-27-8-10-32(11-9-27)37-20-35(26-50-38-7-3-4-16-44(38)47)48-39(49-37)33-14-12-31(13-15-33)36-6-2-1-5-34(36)24-42-40(46)43-41-21-28-17-29(22-41)19-30(18-28)23-41/h1-16,28-30,35,37,39,45H,17-26H2,(H2,42,43,46). The van der Waals surface area contributed by atoms with E-state index in [9.17, 15) is 15.1 Å². The Morgan fingerprint density at radius 1 is 0.840 bits per heavy atom. The van der Waals surface area contributed by atoms with Gasteiger partial charge in [0.15, 0.2) is 12.5 Å². The fraction of sp³-hybridized carbons (Fsp3) is 0.415. The second kappa shape index (κ2) is 14.4. The average Bonchev–Trinajstić information content (AvgIpc) is 3.13. The maximum absolute atomic E-state index is 13.2. The number of carbonyl (C=O) groups is 1. The van der Waals surface area contributed by atoms with E-state index in [1.54, 1.807) is 6.07 Å². The highest BCUT2D eigenvalue weighted by atomic mass is 32.2. The summed E-state index contributed by atoms with van der Waals surface area (Å²) in [7, 11) is 0. The molecule has 0 radical (unpaired) electrons. The Bertz CT molecular complexity index is 1760. The zero-order chi connectivity index (χ0) is 34.1. The Balaban J connectivity index is 0.952. The van der Waals surface area contributed by atoms with Crippen molar-refractivity contribution >= 4 is 17.8 Å². The van der Waals surface area contributed by atoms with Crippen LogP contribution in [0.4, 0.5) is 4.79 Å². The molecule has 1 aliphatic heterocycles. The Morgan fingerprint density at radius 2 is 1.52 bits per heavy atom. The third-order valence-electron chi connectivity index (χ3n) is 11.2. The summed E-state index contributed by atoms with van der Waals surface area (Å²) in [5, 5.41) is 29.1. The number of aliphatic hydroxyl groups excluding tert-OH is 1. The van der Waals surface area contributed by atoms with Crippen LogP contribution in [0.1, 0.15) is 79.6 Å². The molecule has 0 spiro atoms. The van der Waals surface area contributed by atoms with Crippen molar-refractivity contribution in [2.75, 3.05) is 5.75 Å². The van der Waals surface area contributed by atoms with E-state index in [4.69, 9.17) is 9.47 Å². The van der Waals surface area contributed by atoms with Crippen LogP contribution in [-0.4, -0.2) is 28.5 Å². The first-order valence-electron chi connectivity index (χ1n) is 18.0. The van der Waals surface area contributed by atoms with Crippen molar-refractivity contribution in [2.45, 2.75) is 87.2 Å². The molecule has 2 amide bonds. The van der Waals surface area contributed by atoms with Gasteiger partial charge >= 0.3 is 6.03 Å². The molecule has 4 bridgehead atoms. The number of thioether (sulfide) groups is 1. The van der Waals surface area contributed by atoms with Gasteiger partial charge in [0.05, 0.1) is 18.8 Å². The van der Waals surface area contributed by atoms with Gasteiger partial charge < -0.3 is 30.4 Å². The summed E-state index contributed by atoms with van der Waals surface area (Å²) in [6, 6.07) is 29.7. The molecule has 3 N–H and O–H groups in total. The number of carbonyl (C=O) groups excluding carboxylic acids is 1. The average molecular weight is 692 g/mol. The van der Waals surface area contributed by atoms with E-state index in [1.807, 2.05) is 60.7 Å². The maximum Gasteiger partial charge on any atom is 0.315 e. The van der Waals surface area contributed by atoms with Gasteiger partial charge in [-0.25, -0.2) is 4.79 Å². The van der Waals surface area contributed by atoms with Gasteiger partial charge in [-0.05, 0) is 90.2 Å². The lowest BCUT2D eigenvalue weighted by molar-refractivity contribution is -0.645. The molecule has 5 fully saturated rings. The topological polar surface area (TPSA) is 107 Å². The predicted molar refractivity (Wildman–Crippen MR) is 193 cm³/mol. The zero-order valence-corrected chi connectivity index (χ0v) is 29.0. The molecular formula is C41H45N3O5S. The first-order chi connectivity index (χ1) is 24.4. The third-order valence-corrected chi connectivity index (χ3v) is 12.3. The molecule has 3 unspecified atom stereocenters. The molecule has 1 aromatic heterocycles. The van der Waals surface area contributed by atoms with Gasteiger partial charge in [-0.1, -0.05) is 84.6 Å². The van der Waals surface area contributed by atoms with Crippen molar-refractivity contribution in [3.05, 3.63) is 125 Å². The molecule has 1 saturated heterocycles. The number of pyridine rings is 1. The summed E-state index contributed by atoms with van der Waals surface area (Å²) >= 11 is 1.48. The van der Waals surface area contributed by atoms with E-state index in [0.29, 0.717) is 23.7 Å². The van der Waals surface area contributed by atoms with Crippen LogP contribution in [0.5, 0.6) is 0 Å².